The molecule has 36 heavy (non-hydrogen) atoms. The van der Waals surface area contributed by atoms with Gasteiger partial charge < -0.3 is 9.84 Å². The first kappa shape index (κ1) is 26.1. The summed E-state index contributed by atoms with van der Waals surface area (Å²) in [4.78, 5) is 10.6. The van der Waals surface area contributed by atoms with Gasteiger partial charge in [-0.3, -0.25) is 9.10 Å². The quantitative estimate of drug-likeness (QED) is 0.493. The Bertz CT molecular complexity index is 1270. The van der Waals surface area contributed by atoms with E-state index in [0.29, 0.717) is 12.0 Å². The number of fused-ring (bicyclic) bond motifs is 1. The van der Waals surface area contributed by atoms with Crippen LogP contribution in [0.1, 0.15) is 56.6 Å². The van der Waals surface area contributed by atoms with Gasteiger partial charge in [0.25, 0.3) is 10.0 Å². The molecule has 0 radical (unpaired) electrons. The Labute approximate surface area is 208 Å². The molecule has 0 amide bonds. The number of carboxylic acid groups (broad SMARTS) is 1. The smallest absolute Gasteiger partial charge is 0.416 e. The zero-order valence-electron chi connectivity index (χ0n) is 19.8. The lowest BCUT2D eigenvalue weighted by atomic mass is 9.84. The molecule has 1 aliphatic carbocycles. The Kier molecular flexibility index (Phi) is 7.36. The molecule has 1 saturated carbocycles. The molecular formula is C26H28F3NO5S. The summed E-state index contributed by atoms with van der Waals surface area (Å²) in [5, 5.41) is 9.06. The third-order valence-electron chi connectivity index (χ3n) is 6.68. The fourth-order valence-corrected chi connectivity index (χ4v) is 6.23. The van der Waals surface area contributed by atoms with Crippen LogP contribution in [0.25, 0.3) is 6.08 Å². The monoisotopic (exact) mass is 523 g/mol. The van der Waals surface area contributed by atoms with E-state index in [9.17, 15) is 26.4 Å². The summed E-state index contributed by atoms with van der Waals surface area (Å²) in [6, 6.07) is 8.73. The number of carbonyl (C=O) groups is 1. The van der Waals surface area contributed by atoms with Crippen LogP contribution in [0.2, 0.25) is 0 Å². The fraction of sp³-hybridized carbons (Fsp3) is 0.423. The first-order valence-corrected chi connectivity index (χ1v) is 13.3. The molecule has 6 nitrogen and oxygen atoms in total. The fourth-order valence-electron chi connectivity index (χ4n) is 4.68. The molecular weight excluding hydrogens is 495 g/mol. The van der Waals surface area contributed by atoms with Gasteiger partial charge >= 0.3 is 12.1 Å². The molecule has 1 aliphatic heterocycles. The standard InChI is InChI=1S/C26H28F3NO5S/c1-17-5-2-3-6-19(17)13-18-9-11-24-23(14-18)30(16-21(35-24)10-12-25(31)32)36(33,34)22-8-4-7-20(15-22)26(27,28)29/h4,7-9,11,13-15,17,21H,2-3,5-6,10,12,16H2,1H3,(H,31,32)/b19-13+/t17?,21-/m0/s1. The van der Waals surface area contributed by atoms with Crippen LogP contribution >= 0.6 is 0 Å². The summed E-state index contributed by atoms with van der Waals surface area (Å²) >= 11 is 0. The van der Waals surface area contributed by atoms with Crippen molar-refractivity contribution < 1.29 is 36.2 Å². The van der Waals surface area contributed by atoms with Crippen LogP contribution in [0.5, 0.6) is 5.75 Å². The van der Waals surface area contributed by atoms with Crippen molar-refractivity contribution in [3.05, 3.63) is 59.2 Å². The minimum absolute atomic E-state index is 0.0483. The second-order valence-electron chi connectivity index (χ2n) is 9.33. The van der Waals surface area contributed by atoms with Crippen molar-refractivity contribution in [3.63, 3.8) is 0 Å². The molecule has 1 unspecified atom stereocenters. The molecule has 2 atom stereocenters. The number of ether oxygens (including phenoxy) is 1. The number of hydrogen-bond acceptors (Lipinski definition) is 4. The van der Waals surface area contributed by atoms with Crippen LogP contribution < -0.4 is 9.04 Å². The number of anilines is 1. The Morgan fingerprint density at radius 3 is 2.67 bits per heavy atom. The lowest BCUT2D eigenvalue weighted by molar-refractivity contribution is -0.138. The van der Waals surface area contributed by atoms with Crippen LogP contribution in [0.4, 0.5) is 18.9 Å². The number of halogens is 3. The Morgan fingerprint density at radius 2 is 1.97 bits per heavy atom. The van der Waals surface area contributed by atoms with Gasteiger partial charge in [-0.05, 0) is 67.5 Å². The molecule has 2 aromatic rings. The second kappa shape index (κ2) is 10.2. The minimum atomic E-state index is -4.70. The van der Waals surface area contributed by atoms with E-state index < -0.39 is 38.7 Å². The molecule has 1 fully saturated rings. The van der Waals surface area contributed by atoms with Gasteiger partial charge in [-0.15, -0.1) is 0 Å². The molecule has 1 N–H and O–H groups in total. The molecule has 2 aromatic carbocycles. The molecule has 10 heteroatoms. The average molecular weight is 524 g/mol. The lowest BCUT2D eigenvalue weighted by Crippen LogP contribution is -2.43. The van der Waals surface area contributed by atoms with Gasteiger partial charge in [0.2, 0.25) is 0 Å². The number of nitrogens with zero attached hydrogens (tertiary/aromatic N) is 1. The van der Waals surface area contributed by atoms with E-state index in [-0.39, 0.29) is 30.8 Å². The van der Waals surface area contributed by atoms with Gasteiger partial charge in [0, 0.05) is 6.42 Å². The van der Waals surface area contributed by atoms with Gasteiger partial charge in [-0.2, -0.15) is 13.2 Å². The van der Waals surface area contributed by atoms with Gasteiger partial charge in [-0.1, -0.05) is 37.1 Å². The number of alkyl halides is 3. The van der Waals surface area contributed by atoms with Gasteiger partial charge in [0.05, 0.1) is 22.7 Å². The Balaban J connectivity index is 1.76. The van der Waals surface area contributed by atoms with Crippen LogP contribution in [-0.4, -0.2) is 32.1 Å². The molecule has 0 spiro atoms. The van der Waals surface area contributed by atoms with Crippen LogP contribution in [-0.2, 0) is 21.0 Å². The predicted octanol–water partition coefficient (Wildman–Crippen LogP) is 6.12. The van der Waals surface area contributed by atoms with E-state index in [1.54, 1.807) is 12.1 Å². The summed E-state index contributed by atoms with van der Waals surface area (Å²) in [5.41, 5.74) is 1.19. The second-order valence-corrected chi connectivity index (χ2v) is 11.2. The van der Waals surface area contributed by atoms with Crippen LogP contribution in [0.15, 0.2) is 52.9 Å². The number of sulfonamides is 1. The van der Waals surface area contributed by atoms with Crippen molar-refractivity contribution in [3.8, 4) is 5.75 Å². The maximum absolute atomic E-state index is 13.6. The van der Waals surface area contributed by atoms with Crippen molar-refractivity contribution in [2.45, 2.75) is 62.6 Å². The topological polar surface area (TPSA) is 83.9 Å². The first-order valence-electron chi connectivity index (χ1n) is 11.9. The number of allylic oxidation sites excluding steroid dienone is 1. The van der Waals surface area contributed by atoms with E-state index in [1.807, 2.05) is 12.1 Å². The Morgan fingerprint density at radius 1 is 1.19 bits per heavy atom. The highest BCUT2D eigenvalue weighted by atomic mass is 32.2. The normalized spacial score (nSPS) is 21.7. The third kappa shape index (κ3) is 5.69. The number of aliphatic carboxylic acids is 1. The van der Waals surface area contributed by atoms with E-state index >= 15 is 0 Å². The highest BCUT2D eigenvalue weighted by molar-refractivity contribution is 7.92. The summed E-state index contributed by atoms with van der Waals surface area (Å²) in [7, 11) is -4.41. The molecule has 194 valence electrons. The van der Waals surface area contributed by atoms with Gasteiger partial charge in [-0.25, -0.2) is 8.42 Å². The summed E-state index contributed by atoms with van der Waals surface area (Å²) in [5.74, 6) is -0.400. The van der Waals surface area contributed by atoms with Crippen molar-refractivity contribution in [2.24, 2.45) is 5.92 Å². The van der Waals surface area contributed by atoms with Crippen LogP contribution in [0, 0.1) is 5.92 Å². The maximum Gasteiger partial charge on any atom is 0.416 e. The number of carboxylic acids is 1. The van der Waals surface area contributed by atoms with E-state index in [1.165, 1.54) is 5.57 Å². The molecule has 0 bridgehead atoms. The molecule has 0 saturated heterocycles. The SMILES string of the molecule is CC1CCCC/C1=C\c1ccc2c(c1)N(S(=O)(=O)c1cccc(C(F)(F)F)c1)C[C@H](CCC(=O)O)O2. The molecule has 0 aromatic heterocycles. The largest absolute Gasteiger partial charge is 0.486 e. The van der Waals surface area contributed by atoms with E-state index in [4.69, 9.17) is 9.84 Å². The van der Waals surface area contributed by atoms with E-state index in [2.05, 4.69) is 6.92 Å². The predicted molar refractivity (Wildman–Crippen MR) is 129 cm³/mol. The highest BCUT2D eigenvalue weighted by Crippen LogP contribution is 2.40. The van der Waals surface area contributed by atoms with Crippen molar-refractivity contribution in [2.75, 3.05) is 10.8 Å². The van der Waals surface area contributed by atoms with Crippen LogP contribution in [0.3, 0.4) is 0 Å². The zero-order valence-corrected chi connectivity index (χ0v) is 20.6. The lowest BCUT2D eigenvalue weighted by Gasteiger charge is -2.35. The highest BCUT2D eigenvalue weighted by Gasteiger charge is 2.37. The summed E-state index contributed by atoms with van der Waals surface area (Å²) < 4.78 is 74.1. The molecule has 4 rings (SSSR count). The van der Waals surface area contributed by atoms with Gasteiger partial charge in [0.1, 0.15) is 11.9 Å². The zero-order chi connectivity index (χ0) is 26.1. The average Bonchev–Trinajstić information content (AvgIpc) is 2.83. The number of benzene rings is 2. The number of hydrogen-bond donors (Lipinski definition) is 1. The third-order valence-corrected chi connectivity index (χ3v) is 8.46. The Hall–Kier alpha value is -3.01. The van der Waals surface area contributed by atoms with E-state index in [0.717, 1.165) is 53.8 Å². The molecule has 2 aliphatic rings. The minimum Gasteiger partial charge on any atom is -0.486 e. The summed E-state index contributed by atoms with van der Waals surface area (Å²) in [6.45, 7) is 1.94. The van der Waals surface area contributed by atoms with Crippen molar-refractivity contribution in [1.82, 2.24) is 0 Å². The maximum atomic E-state index is 13.6. The number of rotatable bonds is 6. The first-order chi connectivity index (χ1) is 16.9. The van der Waals surface area contributed by atoms with Crippen molar-refractivity contribution >= 4 is 27.8 Å². The van der Waals surface area contributed by atoms with Crippen molar-refractivity contribution in [1.29, 1.82) is 0 Å². The van der Waals surface area contributed by atoms with Gasteiger partial charge in [0.15, 0.2) is 0 Å². The summed E-state index contributed by atoms with van der Waals surface area (Å²) in [6.07, 6.45) is 0.676. The molecule has 1 heterocycles.